The van der Waals surface area contributed by atoms with Crippen LogP contribution in [0.3, 0.4) is 0 Å². The van der Waals surface area contributed by atoms with E-state index < -0.39 is 0 Å². The lowest BCUT2D eigenvalue weighted by Gasteiger charge is -2.24. The van der Waals surface area contributed by atoms with E-state index in [1.807, 2.05) is 13.0 Å². The molecule has 1 rings (SSSR count). The molecule has 0 atom stereocenters. The summed E-state index contributed by atoms with van der Waals surface area (Å²) in [7, 11) is 0. The number of aromatic hydroxyl groups is 1. The van der Waals surface area contributed by atoms with Gasteiger partial charge in [0.05, 0.1) is 5.56 Å². The Bertz CT molecular complexity index is 442. The Balaban J connectivity index is 2.60. The number of nitrogens with one attached hydrogen (secondary N) is 1. The average Bonchev–Trinajstić information content (AvgIpc) is 2.34. The molecule has 0 aliphatic rings. The van der Waals surface area contributed by atoms with Crippen molar-refractivity contribution >= 4 is 5.91 Å². The maximum absolute atomic E-state index is 12.0. The predicted molar refractivity (Wildman–Crippen MR) is 77.2 cm³/mol. The second-order valence-corrected chi connectivity index (χ2v) is 5.76. The maximum Gasteiger partial charge on any atom is 0.255 e. The summed E-state index contributed by atoms with van der Waals surface area (Å²) in [6.45, 7) is 7.29. The number of carbonyl (C=O) groups is 1. The number of phenols is 1. The van der Waals surface area contributed by atoms with Crippen molar-refractivity contribution < 1.29 is 9.90 Å². The minimum Gasteiger partial charge on any atom is -0.507 e. The normalized spacial score (nSPS) is 11.4. The molecule has 1 aromatic rings. The number of nitrogens with two attached hydrogens (primary N) is 1. The van der Waals surface area contributed by atoms with Crippen molar-refractivity contribution in [3.63, 3.8) is 0 Å². The third-order valence-electron chi connectivity index (χ3n) is 3.18. The minimum atomic E-state index is -0.238. The summed E-state index contributed by atoms with van der Waals surface area (Å²) in [4.78, 5) is 12.0. The molecular weight excluding hydrogens is 240 g/mol. The molecule has 0 bridgehead atoms. The van der Waals surface area contributed by atoms with Gasteiger partial charge in [0.1, 0.15) is 5.75 Å². The van der Waals surface area contributed by atoms with Gasteiger partial charge in [0.25, 0.3) is 5.91 Å². The van der Waals surface area contributed by atoms with Crippen LogP contribution in [-0.4, -0.2) is 24.1 Å². The Morgan fingerprint density at radius 3 is 2.68 bits per heavy atom. The van der Waals surface area contributed by atoms with Gasteiger partial charge >= 0.3 is 0 Å². The van der Waals surface area contributed by atoms with Crippen LogP contribution in [0.25, 0.3) is 0 Å². The van der Waals surface area contributed by atoms with Gasteiger partial charge in [-0.05, 0) is 49.4 Å². The van der Waals surface area contributed by atoms with Gasteiger partial charge in [-0.15, -0.1) is 0 Å². The van der Waals surface area contributed by atoms with E-state index in [-0.39, 0.29) is 17.1 Å². The van der Waals surface area contributed by atoms with Crippen molar-refractivity contribution in [3.05, 3.63) is 29.3 Å². The van der Waals surface area contributed by atoms with E-state index >= 15 is 0 Å². The lowest BCUT2D eigenvalue weighted by molar-refractivity contribution is 0.0931. The summed E-state index contributed by atoms with van der Waals surface area (Å²) in [5, 5.41) is 12.6. The van der Waals surface area contributed by atoms with Gasteiger partial charge in [-0.2, -0.15) is 0 Å². The highest BCUT2D eigenvalue weighted by Crippen LogP contribution is 2.22. The largest absolute Gasteiger partial charge is 0.507 e. The van der Waals surface area contributed by atoms with Crippen molar-refractivity contribution in [2.24, 2.45) is 11.1 Å². The Labute approximate surface area is 115 Å². The highest BCUT2D eigenvalue weighted by atomic mass is 16.3. The summed E-state index contributed by atoms with van der Waals surface area (Å²) in [5.41, 5.74) is 6.75. The van der Waals surface area contributed by atoms with Gasteiger partial charge in [0, 0.05) is 6.54 Å². The molecule has 1 aromatic carbocycles. The Hall–Kier alpha value is -1.55. The van der Waals surface area contributed by atoms with Gasteiger partial charge in [0.2, 0.25) is 0 Å². The van der Waals surface area contributed by atoms with Crippen molar-refractivity contribution in [3.8, 4) is 5.75 Å². The van der Waals surface area contributed by atoms with Crippen LogP contribution in [0.1, 0.15) is 42.6 Å². The van der Waals surface area contributed by atoms with Crippen LogP contribution in [0.5, 0.6) is 5.75 Å². The molecule has 106 valence electrons. The number of aryl methyl sites for hydroxylation is 1. The van der Waals surface area contributed by atoms with E-state index in [2.05, 4.69) is 19.2 Å². The van der Waals surface area contributed by atoms with Gasteiger partial charge in [-0.1, -0.05) is 19.9 Å². The fourth-order valence-electron chi connectivity index (χ4n) is 1.92. The predicted octanol–water partition coefficient (Wildman–Crippen LogP) is 2.20. The van der Waals surface area contributed by atoms with Gasteiger partial charge in [0.15, 0.2) is 0 Å². The number of benzene rings is 1. The molecule has 0 radical (unpaired) electrons. The lowest BCUT2D eigenvalue weighted by atomic mass is 9.87. The summed E-state index contributed by atoms with van der Waals surface area (Å²) >= 11 is 0. The van der Waals surface area contributed by atoms with Crippen LogP contribution < -0.4 is 11.1 Å². The SMILES string of the molecule is Cc1ccc(C(=O)NCC(C)(C)CCCN)c(O)c1. The van der Waals surface area contributed by atoms with E-state index in [4.69, 9.17) is 5.73 Å². The molecule has 0 heterocycles. The summed E-state index contributed by atoms with van der Waals surface area (Å²) in [6, 6.07) is 5.05. The number of hydrogen-bond donors (Lipinski definition) is 3. The third kappa shape index (κ3) is 4.91. The number of hydrogen-bond acceptors (Lipinski definition) is 3. The quantitative estimate of drug-likeness (QED) is 0.737. The van der Waals surface area contributed by atoms with Crippen molar-refractivity contribution in [1.29, 1.82) is 0 Å². The molecule has 0 fully saturated rings. The zero-order chi connectivity index (χ0) is 14.5. The summed E-state index contributed by atoms with van der Waals surface area (Å²) in [5.74, 6) is -0.212. The number of carbonyl (C=O) groups excluding carboxylic acids is 1. The molecule has 19 heavy (non-hydrogen) atoms. The topological polar surface area (TPSA) is 75.4 Å². The molecule has 1 amide bonds. The van der Waals surface area contributed by atoms with E-state index in [1.165, 1.54) is 0 Å². The highest BCUT2D eigenvalue weighted by molar-refractivity contribution is 5.96. The molecule has 0 spiro atoms. The Morgan fingerprint density at radius 1 is 1.42 bits per heavy atom. The van der Waals surface area contributed by atoms with Gasteiger partial charge in [-0.25, -0.2) is 0 Å². The first kappa shape index (κ1) is 15.5. The third-order valence-corrected chi connectivity index (χ3v) is 3.18. The molecule has 0 saturated carbocycles. The second-order valence-electron chi connectivity index (χ2n) is 5.76. The Kier molecular flexibility index (Phi) is 5.36. The van der Waals surface area contributed by atoms with Crippen molar-refractivity contribution in [2.45, 2.75) is 33.6 Å². The lowest BCUT2D eigenvalue weighted by Crippen LogP contribution is -2.34. The molecule has 0 aliphatic carbocycles. The number of rotatable bonds is 6. The first-order valence-corrected chi connectivity index (χ1v) is 6.63. The number of amides is 1. The molecule has 0 saturated heterocycles. The minimum absolute atomic E-state index is 0.00927. The first-order valence-electron chi connectivity index (χ1n) is 6.63. The van der Waals surface area contributed by atoms with Crippen molar-refractivity contribution in [1.82, 2.24) is 5.32 Å². The average molecular weight is 264 g/mol. The molecular formula is C15H24N2O2. The molecule has 4 nitrogen and oxygen atoms in total. The zero-order valence-electron chi connectivity index (χ0n) is 12.0. The van der Waals surface area contributed by atoms with E-state index in [0.29, 0.717) is 18.7 Å². The monoisotopic (exact) mass is 264 g/mol. The van der Waals surface area contributed by atoms with E-state index in [1.54, 1.807) is 12.1 Å². The van der Waals surface area contributed by atoms with E-state index in [0.717, 1.165) is 18.4 Å². The van der Waals surface area contributed by atoms with Crippen LogP contribution in [0.2, 0.25) is 0 Å². The van der Waals surface area contributed by atoms with Crippen LogP contribution in [-0.2, 0) is 0 Å². The van der Waals surface area contributed by atoms with Crippen molar-refractivity contribution in [2.75, 3.05) is 13.1 Å². The molecule has 0 aromatic heterocycles. The van der Waals surface area contributed by atoms with Crippen LogP contribution in [0, 0.1) is 12.3 Å². The molecule has 0 unspecified atom stereocenters. The van der Waals surface area contributed by atoms with Crippen LogP contribution >= 0.6 is 0 Å². The molecule has 0 aliphatic heterocycles. The first-order chi connectivity index (χ1) is 8.85. The van der Waals surface area contributed by atoms with E-state index in [9.17, 15) is 9.90 Å². The van der Waals surface area contributed by atoms with Crippen LogP contribution in [0.15, 0.2) is 18.2 Å². The fraction of sp³-hybridized carbons (Fsp3) is 0.533. The van der Waals surface area contributed by atoms with Gasteiger partial charge < -0.3 is 16.2 Å². The molecule has 4 heteroatoms. The summed E-state index contributed by atoms with van der Waals surface area (Å²) < 4.78 is 0. The fourth-order valence-corrected chi connectivity index (χ4v) is 1.92. The number of phenolic OH excluding ortho intramolecular Hbond substituents is 1. The standard InChI is InChI=1S/C15H24N2O2/c1-11-5-6-12(13(18)9-11)14(19)17-10-15(2,3)7-4-8-16/h5-6,9,18H,4,7-8,10,16H2,1-3H3,(H,17,19). The summed E-state index contributed by atoms with van der Waals surface area (Å²) in [6.07, 6.45) is 1.91. The Morgan fingerprint density at radius 2 is 2.11 bits per heavy atom. The smallest absolute Gasteiger partial charge is 0.255 e. The zero-order valence-corrected chi connectivity index (χ0v) is 12.0. The highest BCUT2D eigenvalue weighted by Gasteiger charge is 2.19. The van der Waals surface area contributed by atoms with Crippen LogP contribution in [0.4, 0.5) is 0 Å². The molecule has 4 N–H and O–H groups in total. The maximum atomic E-state index is 12.0. The van der Waals surface area contributed by atoms with Gasteiger partial charge in [-0.3, -0.25) is 4.79 Å². The second kappa shape index (κ2) is 6.57.